The SMILES string of the molecule is C=C1/C(=C\C=C2/CCC[C@]3(C)[C@@H]([C@H](C)[C@@H]4CC[C@H](C(C)(C)O)O4)CC[C@@H]23)C[C@@H](O)C[C@@H]1O. The third kappa shape index (κ3) is 4.53. The van der Waals surface area contributed by atoms with Crippen molar-refractivity contribution in [3.05, 3.63) is 35.5 Å². The van der Waals surface area contributed by atoms with Crippen LogP contribution in [0.2, 0.25) is 0 Å². The molecule has 0 unspecified atom stereocenters. The van der Waals surface area contributed by atoms with Crippen LogP contribution in [0.5, 0.6) is 0 Å². The summed E-state index contributed by atoms with van der Waals surface area (Å²) < 4.78 is 6.38. The molecule has 3 N–H and O–H groups in total. The largest absolute Gasteiger partial charge is 0.393 e. The molecule has 4 nitrogen and oxygen atoms in total. The van der Waals surface area contributed by atoms with E-state index >= 15 is 0 Å². The first-order chi connectivity index (χ1) is 15.0. The van der Waals surface area contributed by atoms with Crippen LogP contribution in [0.1, 0.15) is 85.5 Å². The number of allylic oxidation sites excluding steroid dienone is 3. The summed E-state index contributed by atoms with van der Waals surface area (Å²) >= 11 is 0. The Hall–Kier alpha value is -0.940. The Bertz CT molecular complexity index is 775. The summed E-state index contributed by atoms with van der Waals surface area (Å²) in [4.78, 5) is 0. The van der Waals surface area contributed by atoms with Crippen LogP contribution in [0.3, 0.4) is 0 Å². The van der Waals surface area contributed by atoms with Crippen molar-refractivity contribution in [2.24, 2.45) is 23.2 Å². The van der Waals surface area contributed by atoms with Crippen molar-refractivity contribution >= 4 is 0 Å². The molecule has 0 spiro atoms. The number of hydrogen-bond donors (Lipinski definition) is 3. The van der Waals surface area contributed by atoms with Gasteiger partial charge in [0.05, 0.1) is 30.0 Å². The van der Waals surface area contributed by atoms with E-state index in [1.807, 2.05) is 13.8 Å². The Kier molecular flexibility index (Phi) is 6.82. The van der Waals surface area contributed by atoms with Gasteiger partial charge in [-0.2, -0.15) is 0 Å². The van der Waals surface area contributed by atoms with Gasteiger partial charge in [-0.15, -0.1) is 0 Å². The number of aliphatic hydroxyl groups excluding tert-OH is 2. The first-order valence-corrected chi connectivity index (χ1v) is 12.8. The van der Waals surface area contributed by atoms with Crippen LogP contribution in [-0.4, -0.2) is 45.3 Å². The van der Waals surface area contributed by atoms with E-state index in [2.05, 4.69) is 32.6 Å². The summed E-state index contributed by atoms with van der Waals surface area (Å²) in [6.07, 6.45) is 12.6. The molecule has 0 bridgehead atoms. The Morgan fingerprint density at radius 2 is 1.91 bits per heavy atom. The maximum Gasteiger partial charge on any atom is 0.0861 e. The molecule has 1 aliphatic heterocycles. The van der Waals surface area contributed by atoms with Gasteiger partial charge in [0, 0.05) is 6.42 Å². The van der Waals surface area contributed by atoms with Gasteiger partial charge in [0.2, 0.25) is 0 Å². The first-order valence-electron chi connectivity index (χ1n) is 12.8. The minimum absolute atomic E-state index is 0.0531. The number of rotatable bonds is 4. The summed E-state index contributed by atoms with van der Waals surface area (Å²) in [5, 5.41) is 30.6. The lowest BCUT2D eigenvalue weighted by Gasteiger charge is -2.45. The van der Waals surface area contributed by atoms with Gasteiger partial charge in [0.25, 0.3) is 0 Å². The Morgan fingerprint density at radius 1 is 1.16 bits per heavy atom. The Labute approximate surface area is 194 Å². The van der Waals surface area contributed by atoms with E-state index in [0.29, 0.717) is 36.0 Å². The molecule has 0 aromatic carbocycles. The number of fused-ring (bicyclic) bond motifs is 1. The second-order valence-electron chi connectivity index (χ2n) is 11.9. The topological polar surface area (TPSA) is 69.9 Å². The predicted molar refractivity (Wildman–Crippen MR) is 128 cm³/mol. The van der Waals surface area contributed by atoms with E-state index in [4.69, 9.17) is 4.74 Å². The maximum atomic E-state index is 10.4. The molecule has 3 aliphatic carbocycles. The van der Waals surface area contributed by atoms with Crippen molar-refractivity contribution in [2.75, 3.05) is 0 Å². The molecule has 32 heavy (non-hydrogen) atoms. The molecule has 3 saturated carbocycles. The van der Waals surface area contributed by atoms with Crippen LogP contribution in [0.25, 0.3) is 0 Å². The third-order valence-electron chi connectivity index (χ3n) is 9.36. The number of hydrogen-bond acceptors (Lipinski definition) is 4. The molecule has 180 valence electrons. The lowest BCUT2D eigenvalue weighted by molar-refractivity contribution is -0.104. The molecular weight excluding hydrogens is 400 g/mol. The van der Waals surface area contributed by atoms with Crippen molar-refractivity contribution in [1.29, 1.82) is 0 Å². The molecule has 0 aromatic rings. The van der Waals surface area contributed by atoms with Gasteiger partial charge in [0.15, 0.2) is 0 Å². The molecule has 0 radical (unpaired) electrons. The molecular formula is C28H44O4. The van der Waals surface area contributed by atoms with E-state index < -0.39 is 17.8 Å². The summed E-state index contributed by atoms with van der Waals surface area (Å²) in [5.74, 6) is 1.74. The van der Waals surface area contributed by atoms with Crippen molar-refractivity contribution in [3.8, 4) is 0 Å². The van der Waals surface area contributed by atoms with Crippen LogP contribution in [-0.2, 0) is 4.74 Å². The van der Waals surface area contributed by atoms with E-state index in [-0.39, 0.29) is 12.2 Å². The first kappa shape index (κ1) is 24.2. The van der Waals surface area contributed by atoms with Crippen LogP contribution in [0, 0.1) is 23.2 Å². The highest BCUT2D eigenvalue weighted by atomic mass is 16.5. The van der Waals surface area contributed by atoms with Crippen LogP contribution >= 0.6 is 0 Å². The highest BCUT2D eigenvalue weighted by Gasteiger charge is 2.53. The van der Waals surface area contributed by atoms with Gasteiger partial charge >= 0.3 is 0 Å². The fourth-order valence-electron chi connectivity index (χ4n) is 7.44. The average molecular weight is 445 g/mol. The minimum Gasteiger partial charge on any atom is -0.393 e. The zero-order valence-electron chi connectivity index (χ0n) is 20.5. The monoisotopic (exact) mass is 444 g/mol. The molecule has 8 atom stereocenters. The highest BCUT2D eigenvalue weighted by molar-refractivity contribution is 5.38. The fourth-order valence-corrected chi connectivity index (χ4v) is 7.44. The molecule has 0 amide bonds. The van der Waals surface area contributed by atoms with Crippen LogP contribution in [0.15, 0.2) is 35.5 Å². The number of ether oxygens (including phenoxy) is 1. The van der Waals surface area contributed by atoms with Crippen molar-refractivity contribution in [1.82, 2.24) is 0 Å². The van der Waals surface area contributed by atoms with E-state index in [1.165, 1.54) is 31.3 Å². The Balaban J connectivity index is 1.49. The normalized spacial score (nSPS) is 44.3. The molecule has 4 heteroatoms. The van der Waals surface area contributed by atoms with Gasteiger partial charge in [-0.3, -0.25) is 0 Å². The van der Waals surface area contributed by atoms with Gasteiger partial charge in [-0.05, 0) is 99.5 Å². The lowest BCUT2D eigenvalue weighted by atomic mass is 9.60. The lowest BCUT2D eigenvalue weighted by Crippen LogP contribution is -2.41. The van der Waals surface area contributed by atoms with E-state index in [0.717, 1.165) is 30.4 Å². The van der Waals surface area contributed by atoms with Gasteiger partial charge < -0.3 is 20.1 Å². The van der Waals surface area contributed by atoms with Crippen molar-refractivity contribution in [2.45, 2.75) is 115 Å². The third-order valence-corrected chi connectivity index (χ3v) is 9.36. The average Bonchev–Trinajstić information content (AvgIpc) is 3.34. The van der Waals surface area contributed by atoms with Crippen molar-refractivity contribution < 1.29 is 20.1 Å². The second-order valence-corrected chi connectivity index (χ2v) is 11.9. The zero-order valence-corrected chi connectivity index (χ0v) is 20.5. The smallest absolute Gasteiger partial charge is 0.0861 e. The molecule has 1 saturated heterocycles. The molecule has 4 rings (SSSR count). The Morgan fingerprint density at radius 3 is 2.59 bits per heavy atom. The predicted octanol–water partition coefficient (Wildman–Crippen LogP) is 5.08. The second kappa shape index (κ2) is 9.02. The van der Waals surface area contributed by atoms with Crippen LogP contribution in [0.4, 0.5) is 0 Å². The van der Waals surface area contributed by atoms with E-state index in [9.17, 15) is 15.3 Å². The highest BCUT2D eigenvalue weighted by Crippen LogP contribution is 2.60. The van der Waals surface area contributed by atoms with Crippen LogP contribution < -0.4 is 0 Å². The van der Waals surface area contributed by atoms with Gasteiger partial charge in [-0.25, -0.2) is 0 Å². The minimum atomic E-state index is -0.769. The quantitative estimate of drug-likeness (QED) is 0.565. The summed E-state index contributed by atoms with van der Waals surface area (Å²) in [6.45, 7) is 12.7. The van der Waals surface area contributed by atoms with Gasteiger partial charge in [-0.1, -0.05) is 38.2 Å². The molecule has 4 aliphatic rings. The standard InChI is InChI=1S/C28H44O4/c1-17-20(15-21(29)16-24(17)30)9-8-19-7-6-14-28(5)22(10-11-23(19)28)18(2)25-12-13-26(32-25)27(3,4)31/h8-9,18,21-26,29-31H,1,6-7,10-16H2,2-5H3/b19-8+,20-9-/t18-,21+,22+,23-,24-,25-,26+,28+/m0/s1. The maximum absolute atomic E-state index is 10.4. The van der Waals surface area contributed by atoms with Crippen molar-refractivity contribution in [3.63, 3.8) is 0 Å². The zero-order chi connectivity index (χ0) is 23.3. The van der Waals surface area contributed by atoms with E-state index in [1.54, 1.807) is 0 Å². The fraction of sp³-hybridized carbons (Fsp3) is 0.786. The summed E-state index contributed by atoms with van der Waals surface area (Å²) in [7, 11) is 0. The molecule has 4 fully saturated rings. The number of aliphatic hydroxyl groups is 3. The summed E-state index contributed by atoms with van der Waals surface area (Å²) in [5.41, 5.74) is 2.82. The van der Waals surface area contributed by atoms with Gasteiger partial charge in [0.1, 0.15) is 0 Å². The summed E-state index contributed by atoms with van der Waals surface area (Å²) in [6, 6.07) is 0. The molecule has 0 aromatic heterocycles. The molecule has 1 heterocycles.